The normalized spacial score (nSPS) is 16.4. The van der Waals surface area contributed by atoms with Gasteiger partial charge >= 0.3 is 5.97 Å². The van der Waals surface area contributed by atoms with Crippen molar-refractivity contribution in [3.63, 3.8) is 0 Å². The molecule has 1 aliphatic heterocycles. The van der Waals surface area contributed by atoms with Gasteiger partial charge in [-0.15, -0.1) is 0 Å². The average molecular weight is 284 g/mol. The number of hydrogen-bond acceptors (Lipinski definition) is 5. The molecule has 0 unspecified atom stereocenters. The summed E-state index contributed by atoms with van der Waals surface area (Å²) in [5.74, 6) is -2.79. The zero-order chi connectivity index (χ0) is 15.3. The van der Waals surface area contributed by atoms with Gasteiger partial charge in [0, 0.05) is 26.3 Å². The number of nitrogens with two attached hydrogens (primary N) is 1. The zero-order valence-electron chi connectivity index (χ0n) is 11.0. The summed E-state index contributed by atoms with van der Waals surface area (Å²) < 4.78 is 0. The van der Waals surface area contributed by atoms with Gasteiger partial charge in [0.2, 0.25) is 11.8 Å². The van der Waals surface area contributed by atoms with Crippen molar-refractivity contribution in [3.8, 4) is 0 Å². The molecule has 9 nitrogen and oxygen atoms in total. The second-order valence-electron chi connectivity index (χ2n) is 4.33. The molecule has 3 amide bonds. The lowest BCUT2D eigenvalue weighted by atomic mass is 10.1. The van der Waals surface area contributed by atoms with E-state index in [-0.39, 0.29) is 37.3 Å². The Labute approximate surface area is 114 Å². The van der Waals surface area contributed by atoms with E-state index >= 15 is 0 Å². The maximum atomic E-state index is 11.9. The molecule has 110 valence electrons. The number of carbonyl (C=O) groups excluding carboxylic acids is 3. The van der Waals surface area contributed by atoms with Crippen LogP contribution in [-0.4, -0.2) is 52.6 Å². The zero-order valence-corrected chi connectivity index (χ0v) is 11.0. The van der Waals surface area contributed by atoms with Crippen LogP contribution >= 0.6 is 0 Å². The van der Waals surface area contributed by atoms with E-state index in [2.05, 4.69) is 10.4 Å². The number of hydrogen-bond donors (Lipinski definition) is 3. The Morgan fingerprint density at radius 2 is 2.10 bits per heavy atom. The molecule has 0 saturated carbocycles. The van der Waals surface area contributed by atoms with Crippen LogP contribution in [0.5, 0.6) is 0 Å². The van der Waals surface area contributed by atoms with Crippen molar-refractivity contribution >= 4 is 29.4 Å². The van der Waals surface area contributed by atoms with Gasteiger partial charge in [0.15, 0.2) is 0 Å². The summed E-state index contributed by atoms with van der Waals surface area (Å²) in [5.41, 5.74) is 5.02. The average Bonchev–Trinajstić information content (AvgIpc) is 2.36. The number of hydrazone groups is 1. The van der Waals surface area contributed by atoms with Gasteiger partial charge in [-0.2, -0.15) is 5.10 Å². The second-order valence-corrected chi connectivity index (χ2v) is 4.33. The molecule has 0 spiro atoms. The third kappa shape index (κ3) is 4.34. The van der Waals surface area contributed by atoms with Crippen LogP contribution in [0.4, 0.5) is 0 Å². The minimum Gasteiger partial charge on any atom is -0.480 e. The first-order chi connectivity index (χ1) is 9.31. The molecule has 20 heavy (non-hydrogen) atoms. The minimum atomic E-state index is -1.26. The molecule has 0 aromatic heterocycles. The number of rotatable bonds is 6. The van der Waals surface area contributed by atoms with Gasteiger partial charge in [-0.25, -0.2) is 9.80 Å². The molecule has 9 heteroatoms. The van der Waals surface area contributed by atoms with Crippen molar-refractivity contribution in [1.82, 2.24) is 10.3 Å². The Morgan fingerprint density at radius 1 is 1.45 bits per heavy atom. The topological polar surface area (TPSA) is 142 Å². The van der Waals surface area contributed by atoms with Crippen LogP contribution in [0.15, 0.2) is 5.10 Å². The quantitative estimate of drug-likeness (QED) is 0.540. The van der Waals surface area contributed by atoms with Crippen LogP contribution in [0.25, 0.3) is 0 Å². The Morgan fingerprint density at radius 3 is 2.60 bits per heavy atom. The molecule has 4 N–H and O–H groups in total. The van der Waals surface area contributed by atoms with Crippen LogP contribution in [-0.2, 0) is 19.2 Å². The smallest absolute Gasteiger partial charge is 0.326 e. The molecule has 0 bridgehead atoms. The summed E-state index contributed by atoms with van der Waals surface area (Å²) in [7, 11) is 1.41. The van der Waals surface area contributed by atoms with E-state index in [1.165, 1.54) is 7.05 Å². The molecule has 0 aliphatic carbocycles. The summed E-state index contributed by atoms with van der Waals surface area (Å²) in [6.45, 7) is 0. The Kier molecular flexibility index (Phi) is 5.18. The number of carboxylic acid groups (broad SMARTS) is 1. The number of carboxylic acids is 1. The summed E-state index contributed by atoms with van der Waals surface area (Å²) in [6, 6.07) is -1.22. The van der Waals surface area contributed by atoms with Crippen molar-refractivity contribution in [1.29, 1.82) is 0 Å². The molecular formula is C11H16N4O5. The van der Waals surface area contributed by atoms with Crippen molar-refractivity contribution < 1.29 is 24.3 Å². The molecule has 1 heterocycles. The Balaban J connectivity index is 2.66. The van der Waals surface area contributed by atoms with E-state index < -0.39 is 23.8 Å². The second kappa shape index (κ2) is 6.64. The molecule has 0 radical (unpaired) electrons. The van der Waals surface area contributed by atoms with Gasteiger partial charge in [-0.1, -0.05) is 0 Å². The van der Waals surface area contributed by atoms with Crippen molar-refractivity contribution in [2.45, 2.75) is 31.7 Å². The highest BCUT2D eigenvalue weighted by Gasteiger charge is 2.26. The molecule has 1 atom stereocenters. The lowest BCUT2D eigenvalue weighted by Gasteiger charge is -2.20. The maximum Gasteiger partial charge on any atom is 0.326 e. The molecular weight excluding hydrogens is 268 g/mol. The predicted molar refractivity (Wildman–Crippen MR) is 67.4 cm³/mol. The van der Waals surface area contributed by atoms with Crippen LogP contribution in [0.3, 0.4) is 0 Å². The van der Waals surface area contributed by atoms with E-state index in [0.29, 0.717) is 0 Å². The first-order valence-corrected chi connectivity index (χ1v) is 5.97. The fourth-order valence-corrected chi connectivity index (χ4v) is 1.62. The first-order valence-electron chi connectivity index (χ1n) is 5.97. The van der Waals surface area contributed by atoms with Crippen LogP contribution in [0.2, 0.25) is 0 Å². The fourth-order valence-electron chi connectivity index (χ4n) is 1.62. The summed E-state index contributed by atoms with van der Waals surface area (Å²) in [6.07, 6.45) is 0.0412. The summed E-state index contributed by atoms with van der Waals surface area (Å²) >= 11 is 0. The summed E-state index contributed by atoms with van der Waals surface area (Å²) in [4.78, 5) is 44.7. The van der Waals surface area contributed by atoms with E-state index in [1.807, 2.05) is 0 Å². The highest BCUT2D eigenvalue weighted by Crippen LogP contribution is 2.07. The van der Waals surface area contributed by atoms with Crippen LogP contribution in [0.1, 0.15) is 25.7 Å². The first kappa shape index (κ1) is 15.6. The molecule has 0 aromatic carbocycles. The van der Waals surface area contributed by atoms with Crippen molar-refractivity contribution in [2.75, 3.05) is 7.05 Å². The molecule has 0 saturated heterocycles. The highest BCUT2D eigenvalue weighted by molar-refractivity contribution is 6.39. The van der Waals surface area contributed by atoms with E-state index in [4.69, 9.17) is 10.8 Å². The van der Waals surface area contributed by atoms with E-state index in [1.54, 1.807) is 0 Å². The minimum absolute atomic E-state index is 0.0809. The van der Waals surface area contributed by atoms with Crippen LogP contribution in [0, 0.1) is 0 Å². The van der Waals surface area contributed by atoms with Gasteiger partial charge in [-0.3, -0.25) is 14.4 Å². The van der Waals surface area contributed by atoms with E-state index in [0.717, 1.165) is 5.01 Å². The lowest BCUT2D eigenvalue weighted by Crippen LogP contribution is -2.46. The van der Waals surface area contributed by atoms with Gasteiger partial charge in [0.05, 0.1) is 0 Å². The van der Waals surface area contributed by atoms with Gasteiger partial charge < -0.3 is 16.2 Å². The maximum absolute atomic E-state index is 11.9. The number of nitrogens with zero attached hydrogens (tertiary/aromatic N) is 2. The molecule has 0 fully saturated rings. The van der Waals surface area contributed by atoms with Gasteiger partial charge in [0.25, 0.3) is 5.91 Å². The van der Waals surface area contributed by atoms with Gasteiger partial charge in [0.1, 0.15) is 11.8 Å². The third-order valence-electron chi connectivity index (χ3n) is 2.75. The van der Waals surface area contributed by atoms with Gasteiger partial charge in [-0.05, 0) is 6.42 Å². The Hall–Kier alpha value is -2.45. The fraction of sp³-hybridized carbons (Fsp3) is 0.545. The standard InChI is InChI=1S/C11H16N4O5/c1-15-9(17)5-3-6(14-15)10(18)13-7(11(19)20)2-4-8(12)16/h7H,2-5H2,1H3,(H2,12,16)(H,13,18)(H,19,20)/t7-/m1/s1. The predicted octanol–water partition coefficient (Wildman–Crippen LogP) is -1.57. The number of nitrogens with one attached hydrogen (secondary N) is 1. The monoisotopic (exact) mass is 284 g/mol. The third-order valence-corrected chi connectivity index (χ3v) is 2.75. The van der Waals surface area contributed by atoms with Crippen molar-refractivity contribution in [2.24, 2.45) is 10.8 Å². The van der Waals surface area contributed by atoms with E-state index in [9.17, 15) is 19.2 Å². The molecule has 0 aromatic rings. The number of amides is 3. The summed E-state index contributed by atoms with van der Waals surface area (Å²) in [5, 5.41) is 16.0. The highest BCUT2D eigenvalue weighted by atomic mass is 16.4. The Bertz CT molecular complexity index is 473. The van der Waals surface area contributed by atoms with Crippen molar-refractivity contribution in [3.05, 3.63) is 0 Å². The van der Waals surface area contributed by atoms with Crippen LogP contribution < -0.4 is 11.1 Å². The molecule has 1 rings (SSSR count). The number of primary amides is 1. The largest absolute Gasteiger partial charge is 0.480 e. The lowest BCUT2D eigenvalue weighted by molar-refractivity contribution is -0.141. The molecule has 1 aliphatic rings. The number of aliphatic carboxylic acids is 1. The number of carbonyl (C=O) groups is 4. The SMILES string of the molecule is CN1N=C(C(=O)N[C@H](CCC(N)=O)C(=O)O)CCC1=O.